The second kappa shape index (κ2) is 10.0. The molecule has 0 heterocycles. The van der Waals surface area contributed by atoms with Gasteiger partial charge in [-0.2, -0.15) is 0 Å². The van der Waals surface area contributed by atoms with Crippen molar-refractivity contribution < 1.29 is 14.4 Å². The molecule has 0 amide bonds. The predicted molar refractivity (Wildman–Crippen MR) is 93.5 cm³/mol. The lowest BCUT2D eigenvalue weighted by molar-refractivity contribution is -0.145. The molecule has 0 unspecified atom stereocenters. The Morgan fingerprint density at radius 3 is 2.57 bits per heavy atom. The summed E-state index contributed by atoms with van der Waals surface area (Å²) in [5.41, 5.74) is 1.82. The summed E-state index contributed by atoms with van der Waals surface area (Å²) in [4.78, 5) is 16.9. The van der Waals surface area contributed by atoms with E-state index < -0.39 is 0 Å². The summed E-state index contributed by atoms with van der Waals surface area (Å²) < 4.78 is 5.28. The number of ether oxygens (including phenoxy) is 1. The van der Waals surface area contributed by atoms with E-state index in [1.165, 1.54) is 5.56 Å². The molecule has 0 atom stereocenters. The summed E-state index contributed by atoms with van der Waals surface area (Å²) in [6.07, 6.45) is 3.17. The van der Waals surface area contributed by atoms with Crippen LogP contribution in [-0.4, -0.2) is 24.9 Å². The third-order valence-corrected chi connectivity index (χ3v) is 3.77. The van der Waals surface area contributed by atoms with Gasteiger partial charge in [-0.15, -0.1) is 0 Å². The van der Waals surface area contributed by atoms with Crippen molar-refractivity contribution in [2.75, 3.05) is 13.2 Å². The minimum atomic E-state index is -0.317. The Morgan fingerprint density at radius 1 is 1.22 bits per heavy atom. The zero-order valence-corrected chi connectivity index (χ0v) is 14.8. The Bertz CT molecular complexity index is 495. The topological polar surface area (TPSA) is 47.9 Å². The average molecular weight is 319 g/mol. The van der Waals surface area contributed by atoms with Crippen LogP contribution in [0.25, 0.3) is 0 Å². The lowest BCUT2D eigenvalue weighted by atomic mass is 9.89. The lowest BCUT2D eigenvalue weighted by Gasteiger charge is -2.23. The van der Waals surface area contributed by atoms with Crippen LogP contribution in [0, 0.1) is 5.41 Å². The molecule has 23 heavy (non-hydrogen) atoms. The van der Waals surface area contributed by atoms with Gasteiger partial charge in [-0.05, 0) is 31.7 Å². The van der Waals surface area contributed by atoms with Crippen LogP contribution in [0.3, 0.4) is 0 Å². The summed E-state index contributed by atoms with van der Waals surface area (Å²) in [6, 6.07) is 10.3. The number of oxime groups is 1. The van der Waals surface area contributed by atoms with Gasteiger partial charge in [0.05, 0.1) is 5.71 Å². The molecule has 0 spiro atoms. The number of carbonyl (C=O) groups is 1. The number of benzene rings is 1. The van der Waals surface area contributed by atoms with Crippen molar-refractivity contribution in [3.8, 4) is 0 Å². The molecule has 0 saturated heterocycles. The molecule has 0 aliphatic heterocycles. The van der Waals surface area contributed by atoms with Crippen LogP contribution in [0.15, 0.2) is 35.5 Å². The maximum absolute atomic E-state index is 11.5. The molecule has 1 rings (SSSR count). The third-order valence-electron chi connectivity index (χ3n) is 3.77. The van der Waals surface area contributed by atoms with Crippen LogP contribution in [0.1, 0.15) is 52.5 Å². The largest absolute Gasteiger partial charge is 0.465 e. The van der Waals surface area contributed by atoms with Crippen LogP contribution >= 0.6 is 0 Å². The predicted octanol–water partition coefficient (Wildman–Crippen LogP) is 4.38. The highest BCUT2D eigenvalue weighted by Crippen LogP contribution is 2.19. The van der Waals surface area contributed by atoms with Gasteiger partial charge in [-0.25, -0.2) is 0 Å². The zero-order valence-electron chi connectivity index (χ0n) is 14.8. The molecule has 0 fully saturated rings. The number of nitrogens with zero attached hydrogens (tertiary/aromatic N) is 1. The van der Waals surface area contributed by atoms with Crippen molar-refractivity contribution in [1.82, 2.24) is 0 Å². The molecule has 0 bridgehead atoms. The average Bonchev–Trinajstić information content (AvgIpc) is 2.54. The molecule has 1 aromatic carbocycles. The van der Waals surface area contributed by atoms with Crippen LogP contribution in [0.4, 0.5) is 0 Å². The van der Waals surface area contributed by atoms with Gasteiger partial charge in [0, 0.05) is 11.8 Å². The molecule has 0 saturated carbocycles. The second-order valence-corrected chi connectivity index (χ2v) is 6.39. The van der Waals surface area contributed by atoms with Gasteiger partial charge in [0.1, 0.15) is 13.2 Å². The molecule has 128 valence electrons. The smallest absolute Gasteiger partial charge is 0.305 e. The second-order valence-electron chi connectivity index (χ2n) is 6.39. The molecule has 1 aromatic rings. The van der Waals surface area contributed by atoms with Crippen molar-refractivity contribution >= 4 is 11.7 Å². The van der Waals surface area contributed by atoms with Gasteiger partial charge >= 0.3 is 5.97 Å². The SMILES string of the molecule is CCCC(=O)OCC(C)(C)/C(C)=N/OCCCc1ccccc1. The first-order valence-corrected chi connectivity index (χ1v) is 8.32. The maximum Gasteiger partial charge on any atom is 0.305 e. The Hall–Kier alpha value is -1.84. The van der Waals surface area contributed by atoms with Crippen molar-refractivity contribution in [2.45, 2.75) is 53.4 Å². The van der Waals surface area contributed by atoms with Gasteiger partial charge in [-0.1, -0.05) is 56.3 Å². The van der Waals surface area contributed by atoms with Crippen LogP contribution in [-0.2, 0) is 20.8 Å². The zero-order chi connectivity index (χ0) is 17.1. The highest BCUT2D eigenvalue weighted by Gasteiger charge is 2.24. The summed E-state index contributed by atoms with van der Waals surface area (Å²) in [6.45, 7) is 8.77. The number of hydrogen-bond acceptors (Lipinski definition) is 4. The highest BCUT2D eigenvalue weighted by molar-refractivity contribution is 5.87. The van der Waals surface area contributed by atoms with E-state index in [0.717, 1.165) is 25.0 Å². The first kappa shape index (κ1) is 19.2. The normalized spacial score (nSPS) is 12.1. The van der Waals surface area contributed by atoms with E-state index in [2.05, 4.69) is 17.3 Å². The number of rotatable bonds is 10. The van der Waals surface area contributed by atoms with E-state index in [4.69, 9.17) is 9.57 Å². The van der Waals surface area contributed by atoms with E-state index in [9.17, 15) is 4.79 Å². The van der Waals surface area contributed by atoms with Gasteiger partial charge in [0.2, 0.25) is 0 Å². The highest BCUT2D eigenvalue weighted by atomic mass is 16.6. The number of aryl methyl sites for hydroxylation is 1. The van der Waals surface area contributed by atoms with E-state index in [1.54, 1.807) is 0 Å². The van der Waals surface area contributed by atoms with Gasteiger partial charge in [0.15, 0.2) is 0 Å². The standard InChI is InChI=1S/C19H29NO3/c1-5-10-18(21)22-15-19(3,4)16(2)20-23-14-9-13-17-11-7-6-8-12-17/h6-8,11-12H,5,9-10,13-15H2,1-4H3/b20-16+. The molecule has 0 aliphatic rings. The molecule has 4 nitrogen and oxygen atoms in total. The van der Waals surface area contributed by atoms with E-state index in [-0.39, 0.29) is 11.4 Å². The molecule has 0 aromatic heterocycles. The van der Waals surface area contributed by atoms with Gasteiger partial charge in [-0.3, -0.25) is 4.79 Å². The molecular weight excluding hydrogens is 290 g/mol. The number of esters is 1. The van der Waals surface area contributed by atoms with E-state index in [1.807, 2.05) is 45.9 Å². The Kier molecular flexibility index (Phi) is 8.38. The van der Waals surface area contributed by atoms with Crippen LogP contribution in [0.2, 0.25) is 0 Å². The Balaban J connectivity index is 2.29. The molecule has 0 N–H and O–H groups in total. The fraction of sp³-hybridized carbons (Fsp3) is 0.579. The third kappa shape index (κ3) is 7.82. The number of hydrogen-bond donors (Lipinski definition) is 0. The summed E-state index contributed by atoms with van der Waals surface area (Å²) in [5.74, 6) is -0.155. The minimum Gasteiger partial charge on any atom is -0.465 e. The summed E-state index contributed by atoms with van der Waals surface area (Å²) in [5, 5.41) is 4.18. The van der Waals surface area contributed by atoms with E-state index >= 15 is 0 Å². The first-order valence-electron chi connectivity index (χ1n) is 8.32. The van der Waals surface area contributed by atoms with Crippen molar-refractivity contribution in [2.24, 2.45) is 10.6 Å². The summed E-state index contributed by atoms with van der Waals surface area (Å²) >= 11 is 0. The van der Waals surface area contributed by atoms with Gasteiger partial charge in [0.25, 0.3) is 0 Å². The quantitative estimate of drug-likeness (QED) is 0.278. The number of carbonyl (C=O) groups excluding carboxylic acids is 1. The fourth-order valence-electron chi connectivity index (χ4n) is 1.89. The molecule has 0 aliphatic carbocycles. The van der Waals surface area contributed by atoms with Crippen LogP contribution in [0.5, 0.6) is 0 Å². The van der Waals surface area contributed by atoms with Crippen molar-refractivity contribution in [1.29, 1.82) is 0 Å². The molecule has 0 radical (unpaired) electrons. The Morgan fingerprint density at radius 2 is 1.91 bits per heavy atom. The van der Waals surface area contributed by atoms with Crippen molar-refractivity contribution in [3.63, 3.8) is 0 Å². The lowest BCUT2D eigenvalue weighted by Crippen LogP contribution is -2.29. The molecule has 4 heteroatoms. The van der Waals surface area contributed by atoms with Crippen molar-refractivity contribution in [3.05, 3.63) is 35.9 Å². The molecular formula is C19H29NO3. The summed E-state index contributed by atoms with van der Waals surface area (Å²) in [7, 11) is 0. The first-order chi connectivity index (χ1) is 11.0. The van der Waals surface area contributed by atoms with Crippen LogP contribution < -0.4 is 0 Å². The van der Waals surface area contributed by atoms with Gasteiger partial charge < -0.3 is 9.57 Å². The van der Waals surface area contributed by atoms with E-state index in [0.29, 0.717) is 19.6 Å². The fourth-order valence-corrected chi connectivity index (χ4v) is 1.89. The maximum atomic E-state index is 11.5. The Labute approximate surface area is 139 Å². The monoisotopic (exact) mass is 319 g/mol. The minimum absolute atomic E-state index is 0.155.